The normalized spacial score (nSPS) is 22.2. The molecule has 1 N–H and O–H groups in total. The van der Waals surface area contributed by atoms with Crippen molar-refractivity contribution in [3.8, 4) is 0 Å². The second-order valence-corrected chi connectivity index (χ2v) is 7.19. The van der Waals surface area contributed by atoms with Crippen LogP contribution in [0.1, 0.15) is 25.5 Å². The molecule has 1 amide bonds. The summed E-state index contributed by atoms with van der Waals surface area (Å²) in [7, 11) is -1.05. The third-order valence-corrected chi connectivity index (χ3v) is 5.57. The Kier molecular flexibility index (Phi) is 4.12. The summed E-state index contributed by atoms with van der Waals surface area (Å²) in [4.78, 5) is 22.2. The zero-order valence-corrected chi connectivity index (χ0v) is 13.3. The van der Waals surface area contributed by atoms with Crippen molar-refractivity contribution in [2.75, 3.05) is 24.2 Å². The first kappa shape index (κ1) is 14.7. The Bertz CT molecular complexity index is 602. The molecule has 2 aliphatic rings. The van der Waals surface area contributed by atoms with Crippen LogP contribution in [0, 0.1) is 0 Å². The van der Waals surface area contributed by atoms with Crippen molar-refractivity contribution >= 4 is 34.1 Å². The molecule has 0 saturated carbocycles. The van der Waals surface area contributed by atoms with Crippen molar-refractivity contribution in [3.05, 3.63) is 11.0 Å². The SMILES string of the molecule is CC(=O)N1CCC(Nc2nc(Cl)nc3c2S(=O)CC3)CC1. The molecule has 3 rings (SSSR count). The maximum absolute atomic E-state index is 12.1. The van der Waals surface area contributed by atoms with Gasteiger partial charge in [0.2, 0.25) is 11.2 Å². The van der Waals surface area contributed by atoms with Gasteiger partial charge in [-0.3, -0.25) is 9.00 Å². The number of aromatic nitrogens is 2. The standard InChI is InChI=1S/C13H17ClN4O2S/c1-8(19)18-5-2-9(3-6-18)15-12-11-10(4-7-21(11)20)16-13(14)17-12/h9H,2-7H2,1H3,(H,15,16,17). The first-order valence-corrected chi connectivity index (χ1v) is 8.71. The van der Waals surface area contributed by atoms with Gasteiger partial charge in [0.05, 0.1) is 16.5 Å². The summed E-state index contributed by atoms with van der Waals surface area (Å²) in [5, 5.41) is 3.54. The van der Waals surface area contributed by atoms with Gasteiger partial charge in [-0.05, 0) is 24.4 Å². The van der Waals surface area contributed by atoms with Crippen molar-refractivity contribution in [1.82, 2.24) is 14.9 Å². The fraction of sp³-hybridized carbons (Fsp3) is 0.615. The van der Waals surface area contributed by atoms with Crippen LogP contribution in [0.15, 0.2) is 4.90 Å². The van der Waals surface area contributed by atoms with E-state index in [0.717, 1.165) is 31.6 Å². The number of amides is 1. The van der Waals surface area contributed by atoms with E-state index < -0.39 is 10.8 Å². The van der Waals surface area contributed by atoms with Crippen LogP contribution in [0.4, 0.5) is 5.82 Å². The van der Waals surface area contributed by atoms with Gasteiger partial charge in [-0.2, -0.15) is 4.98 Å². The highest BCUT2D eigenvalue weighted by atomic mass is 35.5. The number of hydrogen-bond donors (Lipinski definition) is 1. The smallest absolute Gasteiger partial charge is 0.224 e. The average Bonchev–Trinajstić information content (AvgIpc) is 2.80. The lowest BCUT2D eigenvalue weighted by Gasteiger charge is -2.32. The van der Waals surface area contributed by atoms with Gasteiger partial charge >= 0.3 is 0 Å². The summed E-state index contributed by atoms with van der Waals surface area (Å²) >= 11 is 5.94. The summed E-state index contributed by atoms with van der Waals surface area (Å²) in [6, 6.07) is 0.216. The lowest BCUT2D eigenvalue weighted by Crippen LogP contribution is -2.41. The third kappa shape index (κ3) is 3.03. The van der Waals surface area contributed by atoms with E-state index in [9.17, 15) is 9.00 Å². The number of rotatable bonds is 2. The highest BCUT2D eigenvalue weighted by Crippen LogP contribution is 2.30. The molecule has 8 heteroatoms. The van der Waals surface area contributed by atoms with Crippen molar-refractivity contribution in [1.29, 1.82) is 0 Å². The maximum atomic E-state index is 12.1. The third-order valence-electron chi connectivity index (χ3n) is 3.94. The minimum atomic E-state index is -1.05. The fourth-order valence-corrected chi connectivity index (χ4v) is 4.30. The van der Waals surface area contributed by atoms with Gasteiger partial charge in [0.25, 0.3) is 0 Å². The van der Waals surface area contributed by atoms with Gasteiger partial charge < -0.3 is 10.2 Å². The minimum absolute atomic E-state index is 0.112. The minimum Gasteiger partial charge on any atom is -0.366 e. The van der Waals surface area contributed by atoms with E-state index >= 15 is 0 Å². The van der Waals surface area contributed by atoms with Crippen molar-refractivity contribution in [3.63, 3.8) is 0 Å². The Balaban J connectivity index is 1.75. The number of piperidine rings is 1. The Morgan fingerprint density at radius 1 is 1.38 bits per heavy atom. The van der Waals surface area contributed by atoms with Gasteiger partial charge in [-0.1, -0.05) is 0 Å². The summed E-state index contributed by atoms with van der Waals surface area (Å²) < 4.78 is 12.1. The van der Waals surface area contributed by atoms with Crippen LogP contribution in [0.2, 0.25) is 5.28 Å². The predicted molar refractivity (Wildman–Crippen MR) is 80.9 cm³/mol. The fourth-order valence-electron chi connectivity index (χ4n) is 2.80. The van der Waals surface area contributed by atoms with Crippen molar-refractivity contribution in [2.24, 2.45) is 0 Å². The molecule has 1 unspecified atom stereocenters. The zero-order chi connectivity index (χ0) is 15.0. The largest absolute Gasteiger partial charge is 0.366 e. The summed E-state index contributed by atoms with van der Waals surface area (Å²) in [6.07, 6.45) is 2.38. The molecule has 6 nitrogen and oxygen atoms in total. The number of nitrogens with one attached hydrogen (secondary N) is 1. The van der Waals surface area contributed by atoms with E-state index in [2.05, 4.69) is 15.3 Å². The van der Waals surface area contributed by atoms with E-state index in [1.165, 1.54) is 0 Å². The second-order valence-electron chi connectivity index (χ2n) is 5.34. The van der Waals surface area contributed by atoms with E-state index in [0.29, 0.717) is 22.9 Å². The zero-order valence-electron chi connectivity index (χ0n) is 11.8. The number of aryl methyl sites for hydroxylation is 1. The lowest BCUT2D eigenvalue weighted by atomic mass is 10.1. The van der Waals surface area contributed by atoms with Crippen molar-refractivity contribution < 1.29 is 9.00 Å². The molecule has 0 aliphatic carbocycles. The first-order valence-electron chi connectivity index (χ1n) is 7.01. The first-order chi connectivity index (χ1) is 10.0. The van der Waals surface area contributed by atoms with Gasteiger partial charge in [-0.15, -0.1) is 0 Å². The molecule has 0 spiro atoms. The lowest BCUT2D eigenvalue weighted by molar-refractivity contribution is -0.129. The molecule has 0 radical (unpaired) electrons. The van der Waals surface area contributed by atoms with Crippen LogP contribution in [0.5, 0.6) is 0 Å². The summed E-state index contributed by atoms with van der Waals surface area (Å²) in [6.45, 7) is 3.06. The van der Waals surface area contributed by atoms with Gasteiger partial charge in [-0.25, -0.2) is 4.98 Å². The molecule has 2 aliphatic heterocycles. The molecular weight excluding hydrogens is 312 g/mol. The van der Waals surface area contributed by atoms with Crippen LogP contribution >= 0.6 is 11.6 Å². The highest BCUT2D eigenvalue weighted by Gasteiger charge is 2.28. The Labute approximate surface area is 130 Å². The quantitative estimate of drug-likeness (QED) is 0.826. The molecule has 114 valence electrons. The monoisotopic (exact) mass is 328 g/mol. The number of carbonyl (C=O) groups is 1. The number of anilines is 1. The Morgan fingerprint density at radius 2 is 2.10 bits per heavy atom. The molecule has 3 heterocycles. The number of likely N-dealkylation sites (tertiary alicyclic amines) is 1. The maximum Gasteiger partial charge on any atom is 0.224 e. The van der Waals surface area contributed by atoms with Crippen molar-refractivity contribution in [2.45, 2.75) is 37.1 Å². The molecule has 1 atom stereocenters. The Morgan fingerprint density at radius 3 is 2.76 bits per heavy atom. The number of hydrogen-bond acceptors (Lipinski definition) is 5. The molecule has 21 heavy (non-hydrogen) atoms. The second kappa shape index (κ2) is 5.88. The predicted octanol–water partition coefficient (Wildman–Crippen LogP) is 1.22. The van der Waals surface area contributed by atoms with Crippen LogP contribution in [0.25, 0.3) is 0 Å². The Hall–Kier alpha value is -1.21. The molecular formula is C13H17ClN4O2S. The van der Waals surface area contributed by atoms with Crippen LogP contribution < -0.4 is 5.32 Å². The van der Waals surface area contributed by atoms with E-state index in [-0.39, 0.29) is 17.2 Å². The number of fused-ring (bicyclic) bond motifs is 1. The van der Waals surface area contributed by atoms with Crippen LogP contribution in [0.3, 0.4) is 0 Å². The van der Waals surface area contributed by atoms with Gasteiger partial charge in [0.15, 0.2) is 0 Å². The number of halogens is 1. The molecule has 1 fully saturated rings. The summed E-state index contributed by atoms with van der Waals surface area (Å²) in [5.41, 5.74) is 0.789. The van der Waals surface area contributed by atoms with E-state index in [1.54, 1.807) is 6.92 Å². The van der Waals surface area contributed by atoms with E-state index in [4.69, 9.17) is 11.6 Å². The van der Waals surface area contributed by atoms with E-state index in [1.807, 2.05) is 4.90 Å². The van der Waals surface area contributed by atoms with Gasteiger partial charge in [0, 0.05) is 38.2 Å². The number of nitrogens with zero attached hydrogens (tertiary/aromatic N) is 3. The molecule has 0 aromatic carbocycles. The van der Waals surface area contributed by atoms with Crippen LogP contribution in [-0.2, 0) is 22.0 Å². The highest BCUT2D eigenvalue weighted by molar-refractivity contribution is 7.85. The number of carbonyl (C=O) groups excluding carboxylic acids is 1. The molecule has 1 aromatic heterocycles. The van der Waals surface area contributed by atoms with Crippen LogP contribution in [-0.4, -0.2) is 49.9 Å². The average molecular weight is 329 g/mol. The topological polar surface area (TPSA) is 75.2 Å². The molecule has 1 saturated heterocycles. The molecule has 1 aromatic rings. The molecule has 0 bridgehead atoms. The van der Waals surface area contributed by atoms with Gasteiger partial charge in [0.1, 0.15) is 10.7 Å². The summed E-state index contributed by atoms with van der Waals surface area (Å²) in [5.74, 6) is 1.30.